The van der Waals surface area contributed by atoms with Crippen LogP contribution in [0, 0.1) is 5.92 Å². The van der Waals surface area contributed by atoms with Crippen molar-refractivity contribution in [1.82, 2.24) is 20.0 Å². The van der Waals surface area contributed by atoms with E-state index in [1.54, 1.807) is 6.07 Å². The highest BCUT2D eigenvalue weighted by atomic mass is 32.1. The fourth-order valence-electron chi connectivity index (χ4n) is 4.47. The Kier molecular flexibility index (Phi) is 6.69. The number of amides is 2. The monoisotopic (exact) mass is 543 g/mol. The summed E-state index contributed by atoms with van der Waals surface area (Å²) in [4.78, 5) is 37.3. The Bertz CT molecular complexity index is 1400. The summed E-state index contributed by atoms with van der Waals surface area (Å²) in [6.07, 6.45) is 4.55. The van der Waals surface area contributed by atoms with Crippen molar-refractivity contribution >= 4 is 39.8 Å². The van der Waals surface area contributed by atoms with Crippen molar-refractivity contribution in [2.24, 2.45) is 5.92 Å². The third-order valence-electron chi connectivity index (χ3n) is 6.20. The molecule has 0 aromatic carbocycles. The predicted molar refractivity (Wildman–Crippen MR) is 139 cm³/mol. The first-order chi connectivity index (χ1) is 18.0. The SMILES string of the molecule is CC(=O)Nc1ccnn1-c1nnc(NC(=O)c2cc(NC34CC(C3)C4)c(OCCOC(C)(C)C)c(=O)o2)s1. The molecule has 3 saturated carbocycles. The minimum atomic E-state index is -0.767. The highest BCUT2D eigenvalue weighted by Gasteiger charge is 2.57. The van der Waals surface area contributed by atoms with E-state index in [-0.39, 0.29) is 46.9 Å². The summed E-state index contributed by atoms with van der Waals surface area (Å²) in [7, 11) is 0. The number of rotatable bonds is 10. The second kappa shape index (κ2) is 9.83. The number of hydrogen-bond acceptors (Lipinski definition) is 11. The molecule has 0 unspecified atom stereocenters. The molecule has 0 radical (unpaired) electrons. The fourth-order valence-corrected chi connectivity index (χ4v) is 5.19. The molecule has 3 aromatic heterocycles. The number of anilines is 3. The first kappa shape index (κ1) is 25.9. The molecule has 13 nitrogen and oxygen atoms in total. The Morgan fingerprint density at radius 3 is 2.63 bits per heavy atom. The fraction of sp³-hybridized carbons (Fsp3) is 0.500. The first-order valence-electron chi connectivity index (χ1n) is 12.2. The zero-order valence-corrected chi connectivity index (χ0v) is 22.3. The van der Waals surface area contributed by atoms with Crippen molar-refractivity contribution in [3.63, 3.8) is 0 Å². The Morgan fingerprint density at radius 1 is 1.21 bits per heavy atom. The summed E-state index contributed by atoms with van der Waals surface area (Å²) in [5, 5.41) is 21.2. The number of hydrogen-bond donors (Lipinski definition) is 3. The molecule has 0 atom stereocenters. The topological polar surface area (TPSA) is 162 Å². The summed E-state index contributed by atoms with van der Waals surface area (Å²) in [6.45, 7) is 7.62. The molecular formula is C24H29N7O6S. The van der Waals surface area contributed by atoms with Crippen molar-refractivity contribution in [2.45, 2.75) is 58.1 Å². The lowest BCUT2D eigenvalue weighted by molar-refractivity contribution is -0.114. The summed E-state index contributed by atoms with van der Waals surface area (Å²) >= 11 is 1.03. The average Bonchev–Trinajstić information content (AvgIpc) is 3.41. The van der Waals surface area contributed by atoms with Gasteiger partial charge in [0.05, 0.1) is 24.1 Å². The molecule has 3 fully saturated rings. The number of nitrogens with zero attached hydrogens (tertiary/aromatic N) is 4. The van der Waals surface area contributed by atoms with E-state index < -0.39 is 11.5 Å². The molecule has 0 aliphatic heterocycles. The maximum absolute atomic E-state index is 13.0. The molecule has 3 heterocycles. The second-order valence-corrected chi connectivity index (χ2v) is 11.4. The van der Waals surface area contributed by atoms with Crippen LogP contribution in [0.5, 0.6) is 5.75 Å². The zero-order valence-electron chi connectivity index (χ0n) is 21.5. The number of carbonyl (C=O) groups is 2. The van der Waals surface area contributed by atoms with E-state index in [4.69, 9.17) is 13.9 Å². The molecule has 14 heteroatoms. The van der Waals surface area contributed by atoms with Crippen LogP contribution in [0.1, 0.15) is 57.5 Å². The molecule has 38 heavy (non-hydrogen) atoms. The van der Waals surface area contributed by atoms with E-state index in [1.807, 2.05) is 20.8 Å². The van der Waals surface area contributed by atoms with E-state index in [1.165, 1.54) is 23.9 Å². The first-order valence-corrected chi connectivity index (χ1v) is 13.0. The van der Waals surface area contributed by atoms with Gasteiger partial charge in [0.25, 0.3) is 5.91 Å². The van der Waals surface area contributed by atoms with Crippen LogP contribution in [0.2, 0.25) is 0 Å². The molecule has 0 spiro atoms. The van der Waals surface area contributed by atoms with Crippen LogP contribution in [0.25, 0.3) is 5.13 Å². The zero-order chi connectivity index (χ0) is 27.1. The quantitative estimate of drug-likeness (QED) is 0.324. The van der Waals surface area contributed by atoms with Gasteiger partial charge in [-0.2, -0.15) is 9.78 Å². The van der Waals surface area contributed by atoms with Gasteiger partial charge in [0.2, 0.25) is 21.9 Å². The third kappa shape index (κ3) is 5.55. The van der Waals surface area contributed by atoms with Gasteiger partial charge in [-0.1, -0.05) is 11.3 Å². The highest BCUT2D eigenvalue weighted by molar-refractivity contribution is 7.17. The smallest absolute Gasteiger partial charge is 0.381 e. The van der Waals surface area contributed by atoms with Gasteiger partial charge in [-0.3, -0.25) is 14.9 Å². The number of aromatic nitrogens is 4. The maximum Gasteiger partial charge on any atom is 0.381 e. The average molecular weight is 544 g/mol. The van der Waals surface area contributed by atoms with E-state index in [2.05, 4.69) is 31.2 Å². The third-order valence-corrected chi connectivity index (χ3v) is 7.01. The van der Waals surface area contributed by atoms with Gasteiger partial charge in [0.15, 0.2) is 5.76 Å². The van der Waals surface area contributed by atoms with Crippen LogP contribution in [0.3, 0.4) is 0 Å². The lowest BCUT2D eigenvalue weighted by Crippen LogP contribution is -2.63. The van der Waals surface area contributed by atoms with Crippen LogP contribution in [-0.4, -0.2) is 56.1 Å². The molecule has 2 bridgehead atoms. The van der Waals surface area contributed by atoms with Crippen molar-refractivity contribution in [3.05, 3.63) is 34.5 Å². The van der Waals surface area contributed by atoms with Crippen molar-refractivity contribution in [2.75, 3.05) is 29.2 Å². The van der Waals surface area contributed by atoms with Crippen LogP contribution in [-0.2, 0) is 9.53 Å². The normalized spacial score (nSPS) is 19.7. The molecule has 3 N–H and O–H groups in total. The maximum atomic E-state index is 13.0. The molecule has 6 rings (SSSR count). The molecule has 3 aliphatic rings. The Labute approximate surface area is 221 Å². The molecule has 2 amide bonds. The van der Waals surface area contributed by atoms with Gasteiger partial charge in [0, 0.05) is 24.6 Å². The van der Waals surface area contributed by atoms with Gasteiger partial charge in [-0.15, -0.1) is 10.2 Å². The van der Waals surface area contributed by atoms with Crippen molar-refractivity contribution in [1.29, 1.82) is 0 Å². The Hall–Kier alpha value is -3.78. The second-order valence-electron chi connectivity index (χ2n) is 10.5. The van der Waals surface area contributed by atoms with Gasteiger partial charge in [0.1, 0.15) is 12.4 Å². The minimum absolute atomic E-state index is 0.0196. The van der Waals surface area contributed by atoms with E-state index in [9.17, 15) is 14.4 Å². The number of nitrogens with one attached hydrogen (secondary N) is 3. The van der Waals surface area contributed by atoms with Gasteiger partial charge in [-0.25, -0.2) is 4.79 Å². The van der Waals surface area contributed by atoms with Crippen LogP contribution in [0.15, 0.2) is 27.5 Å². The van der Waals surface area contributed by atoms with Crippen molar-refractivity contribution in [3.8, 4) is 10.9 Å². The number of ether oxygens (including phenoxy) is 2. The summed E-state index contributed by atoms with van der Waals surface area (Å²) in [5.41, 5.74) is -0.766. The molecule has 0 saturated heterocycles. The lowest BCUT2D eigenvalue weighted by atomic mass is 9.50. The van der Waals surface area contributed by atoms with Crippen LogP contribution in [0.4, 0.5) is 16.6 Å². The van der Waals surface area contributed by atoms with Gasteiger partial charge in [-0.05, 0) is 46.0 Å². The largest absolute Gasteiger partial charge is 0.483 e. The van der Waals surface area contributed by atoms with E-state index in [0.29, 0.717) is 22.6 Å². The Morgan fingerprint density at radius 2 is 1.97 bits per heavy atom. The molecular weight excluding hydrogens is 514 g/mol. The summed E-state index contributed by atoms with van der Waals surface area (Å²) in [5.74, 6) is 0.00372. The van der Waals surface area contributed by atoms with Crippen LogP contribution < -0.4 is 26.3 Å². The highest BCUT2D eigenvalue weighted by Crippen LogP contribution is 2.59. The summed E-state index contributed by atoms with van der Waals surface area (Å²) in [6, 6.07) is 3.08. The molecule has 3 aromatic rings. The van der Waals surface area contributed by atoms with Gasteiger partial charge < -0.3 is 24.5 Å². The van der Waals surface area contributed by atoms with E-state index >= 15 is 0 Å². The molecule has 3 aliphatic carbocycles. The van der Waals surface area contributed by atoms with Gasteiger partial charge >= 0.3 is 5.63 Å². The minimum Gasteiger partial charge on any atom is -0.483 e. The van der Waals surface area contributed by atoms with Crippen molar-refractivity contribution < 1.29 is 23.5 Å². The number of carbonyl (C=O) groups excluding carboxylic acids is 2. The predicted octanol–water partition coefficient (Wildman–Crippen LogP) is 3.05. The lowest BCUT2D eigenvalue weighted by Gasteiger charge is -2.62. The molecule has 202 valence electrons. The van der Waals surface area contributed by atoms with Crippen LogP contribution >= 0.6 is 11.3 Å². The summed E-state index contributed by atoms with van der Waals surface area (Å²) < 4.78 is 18.1. The van der Waals surface area contributed by atoms with E-state index in [0.717, 1.165) is 30.6 Å². The Balaban J connectivity index is 1.32. The standard InChI is InChI=1S/C24H29N7O6S/c1-13(32)26-17-5-6-25-31(17)22-30-29-21(38-22)27-19(33)16-9-15(28-24-10-14(11-24)12-24)18(20(34)37-16)35-7-8-36-23(2,3)4/h5-6,9,14,28H,7-8,10-12H2,1-4H3,(H,26,32)(H,27,29,33).